The topological polar surface area (TPSA) is 62.8 Å². The second-order valence-electron chi connectivity index (χ2n) is 9.33. The average molecular weight is 514 g/mol. The molecule has 0 aromatic heterocycles. The number of alkyl halides is 3. The zero-order chi connectivity index (χ0) is 26.3. The summed E-state index contributed by atoms with van der Waals surface area (Å²) in [6, 6.07) is 6.06. The minimum Gasteiger partial charge on any atom is -0.493 e. The molecule has 4 rings (SSSR count). The van der Waals surface area contributed by atoms with E-state index in [1.807, 2.05) is 25.2 Å². The van der Waals surface area contributed by atoms with Crippen molar-refractivity contribution in [3.05, 3.63) is 53.1 Å². The molecule has 196 valence electrons. The van der Waals surface area contributed by atoms with E-state index in [2.05, 4.69) is 15.5 Å². The molecule has 1 saturated heterocycles. The molecule has 11 heteroatoms. The summed E-state index contributed by atoms with van der Waals surface area (Å²) in [6.45, 7) is 0.869. The van der Waals surface area contributed by atoms with Gasteiger partial charge in [-0.25, -0.2) is 13.6 Å². The molecule has 1 saturated carbocycles. The first-order valence-corrected chi connectivity index (χ1v) is 11.6. The van der Waals surface area contributed by atoms with Crippen molar-refractivity contribution in [2.75, 3.05) is 33.1 Å². The van der Waals surface area contributed by atoms with Crippen LogP contribution in [-0.4, -0.2) is 50.8 Å². The minimum atomic E-state index is -5.04. The number of likely N-dealkylation sites (N-methyl/N-ethyl adjacent to an activating group) is 1. The summed E-state index contributed by atoms with van der Waals surface area (Å²) in [7, 11) is 5.19. The van der Waals surface area contributed by atoms with E-state index < -0.39 is 35.1 Å². The number of ether oxygens (including phenoxy) is 2. The standard InChI is InChI=1S/C25H28F5N3O3/c1-33-11-10-24(14-4-7-18(35-2)19(12-14)36-3)9-8-15(13-20(24)33)31-23(34)32-17-6-5-16(25(28,29)30)21(26)22(17)27/h4-7,12,15,20H,8-11,13H2,1-3H3,(H2,31,32,34)/t15-,20+,24+/m1/s1. The maximum absolute atomic E-state index is 14.2. The largest absolute Gasteiger partial charge is 0.493 e. The van der Waals surface area contributed by atoms with E-state index in [0.29, 0.717) is 36.5 Å². The van der Waals surface area contributed by atoms with E-state index >= 15 is 0 Å². The smallest absolute Gasteiger partial charge is 0.419 e. The Kier molecular flexibility index (Phi) is 7.05. The molecule has 0 spiro atoms. The first kappa shape index (κ1) is 26.0. The number of hydrogen-bond acceptors (Lipinski definition) is 4. The summed E-state index contributed by atoms with van der Waals surface area (Å²) >= 11 is 0. The molecule has 2 aromatic carbocycles. The number of carbonyl (C=O) groups excluding carboxylic acids is 1. The van der Waals surface area contributed by atoms with Gasteiger partial charge >= 0.3 is 12.2 Å². The first-order valence-electron chi connectivity index (χ1n) is 11.6. The lowest BCUT2D eigenvalue weighted by molar-refractivity contribution is -0.140. The van der Waals surface area contributed by atoms with Crippen LogP contribution in [0.25, 0.3) is 0 Å². The zero-order valence-electron chi connectivity index (χ0n) is 20.1. The number of rotatable bonds is 5. The maximum atomic E-state index is 14.2. The van der Waals surface area contributed by atoms with Crippen molar-refractivity contribution in [1.29, 1.82) is 0 Å². The van der Waals surface area contributed by atoms with E-state index in [-0.39, 0.29) is 17.5 Å². The molecule has 1 aliphatic heterocycles. The van der Waals surface area contributed by atoms with E-state index in [1.54, 1.807) is 14.2 Å². The lowest BCUT2D eigenvalue weighted by Crippen LogP contribution is -2.52. The maximum Gasteiger partial charge on any atom is 0.419 e. The van der Waals surface area contributed by atoms with E-state index in [4.69, 9.17) is 9.47 Å². The van der Waals surface area contributed by atoms with Crippen molar-refractivity contribution in [2.45, 2.75) is 49.4 Å². The van der Waals surface area contributed by atoms with Gasteiger partial charge in [0.05, 0.1) is 25.5 Å². The number of amides is 2. The van der Waals surface area contributed by atoms with E-state index in [9.17, 15) is 26.7 Å². The summed E-state index contributed by atoms with van der Waals surface area (Å²) in [4.78, 5) is 14.8. The summed E-state index contributed by atoms with van der Waals surface area (Å²) in [6.07, 6.45) is -2.09. The SMILES string of the molecule is COc1ccc([C@@]23CC[C@@H](NC(=O)Nc4ccc(C(F)(F)F)c(F)c4F)C[C@@H]2N(C)CC3)cc1OC. The van der Waals surface area contributed by atoms with Crippen LogP contribution in [0, 0.1) is 11.6 Å². The molecule has 0 radical (unpaired) electrons. The highest BCUT2D eigenvalue weighted by atomic mass is 19.4. The number of fused-ring (bicyclic) bond motifs is 1. The number of hydrogen-bond donors (Lipinski definition) is 2. The summed E-state index contributed by atoms with van der Waals surface area (Å²) in [5, 5.41) is 4.91. The molecule has 2 aromatic rings. The lowest BCUT2D eigenvalue weighted by Gasteiger charge is -2.45. The molecule has 2 aliphatic rings. The van der Waals surface area contributed by atoms with Gasteiger partial charge in [0, 0.05) is 17.5 Å². The molecule has 1 heterocycles. The molecule has 6 nitrogen and oxygen atoms in total. The number of likely N-dealkylation sites (tertiary alicyclic amines) is 1. The van der Waals surface area contributed by atoms with Crippen LogP contribution in [0.2, 0.25) is 0 Å². The number of methoxy groups -OCH3 is 2. The monoisotopic (exact) mass is 513 g/mol. The van der Waals surface area contributed by atoms with Crippen LogP contribution < -0.4 is 20.1 Å². The van der Waals surface area contributed by atoms with Crippen LogP contribution in [0.4, 0.5) is 32.4 Å². The van der Waals surface area contributed by atoms with Gasteiger partial charge in [0.15, 0.2) is 23.1 Å². The zero-order valence-corrected chi connectivity index (χ0v) is 20.1. The van der Waals surface area contributed by atoms with Crippen LogP contribution in [0.3, 0.4) is 0 Å². The second kappa shape index (κ2) is 9.76. The molecule has 0 unspecified atom stereocenters. The highest BCUT2D eigenvalue weighted by Gasteiger charge is 2.50. The summed E-state index contributed by atoms with van der Waals surface area (Å²) in [5.74, 6) is -2.53. The third-order valence-corrected chi connectivity index (χ3v) is 7.46. The molecule has 0 bridgehead atoms. The van der Waals surface area contributed by atoms with Crippen molar-refractivity contribution in [3.8, 4) is 11.5 Å². The Bertz CT molecular complexity index is 1140. The number of carbonyl (C=O) groups is 1. The molecule has 2 N–H and O–H groups in total. The number of benzene rings is 2. The van der Waals surface area contributed by atoms with Crippen LogP contribution in [0.1, 0.15) is 36.8 Å². The molecule has 1 aliphatic carbocycles. The fraction of sp³-hybridized carbons (Fsp3) is 0.480. The number of anilines is 1. The Hall–Kier alpha value is -3.08. The number of nitrogens with zero attached hydrogens (tertiary/aromatic N) is 1. The Morgan fingerprint density at radius 3 is 2.44 bits per heavy atom. The number of nitrogens with one attached hydrogen (secondary N) is 2. The molecular weight excluding hydrogens is 485 g/mol. The lowest BCUT2D eigenvalue weighted by atomic mass is 9.65. The molecule has 2 amide bonds. The predicted molar refractivity (Wildman–Crippen MR) is 123 cm³/mol. The number of halogens is 5. The van der Waals surface area contributed by atoms with Gasteiger partial charge in [-0.3, -0.25) is 0 Å². The van der Waals surface area contributed by atoms with Gasteiger partial charge in [-0.2, -0.15) is 13.2 Å². The third-order valence-electron chi connectivity index (χ3n) is 7.46. The van der Waals surface area contributed by atoms with Crippen LogP contribution in [-0.2, 0) is 11.6 Å². The second-order valence-corrected chi connectivity index (χ2v) is 9.33. The highest BCUT2D eigenvalue weighted by Crippen LogP contribution is 2.50. The highest BCUT2D eigenvalue weighted by molar-refractivity contribution is 5.89. The fourth-order valence-corrected chi connectivity index (χ4v) is 5.60. The van der Waals surface area contributed by atoms with Crippen molar-refractivity contribution < 1.29 is 36.2 Å². The average Bonchev–Trinajstić information content (AvgIpc) is 3.17. The molecule has 3 atom stereocenters. The van der Waals surface area contributed by atoms with Crippen LogP contribution >= 0.6 is 0 Å². The molecule has 2 fully saturated rings. The Balaban J connectivity index is 1.47. The van der Waals surface area contributed by atoms with Gasteiger partial charge in [-0.15, -0.1) is 0 Å². The first-order chi connectivity index (χ1) is 17.0. The van der Waals surface area contributed by atoms with Crippen LogP contribution in [0.15, 0.2) is 30.3 Å². The van der Waals surface area contributed by atoms with Crippen LogP contribution in [0.5, 0.6) is 11.5 Å². The van der Waals surface area contributed by atoms with Gasteiger partial charge in [0.1, 0.15) is 0 Å². The quantitative estimate of drug-likeness (QED) is 0.532. The Labute approximate surface area is 205 Å². The number of urea groups is 1. The van der Waals surface area contributed by atoms with Gasteiger partial charge < -0.3 is 25.0 Å². The Morgan fingerprint density at radius 2 is 1.78 bits per heavy atom. The van der Waals surface area contributed by atoms with Gasteiger partial charge in [0.2, 0.25) is 0 Å². The van der Waals surface area contributed by atoms with E-state index in [1.165, 1.54) is 0 Å². The van der Waals surface area contributed by atoms with Crippen molar-refractivity contribution >= 4 is 11.7 Å². The fourth-order valence-electron chi connectivity index (χ4n) is 5.60. The Morgan fingerprint density at radius 1 is 1.06 bits per heavy atom. The van der Waals surface area contributed by atoms with Crippen molar-refractivity contribution in [2.24, 2.45) is 0 Å². The minimum absolute atomic E-state index is 0.106. The predicted octanol–water partition coefficient (Wildman–Crippen LogP) is 5.32. The molecular formula is C25H28F5N3O3. The van der Waals surface area contributed by atoms with Gasteiger partial charge in [-0.1, -0.05) is 6.07 Å². The van der Waals surface area contributed by atoms with E-state index in [0.717, 1.165) is 24.9 Å². The third kappa shape index (κ3) is 4.68. The van der Waals surface area contributed by atoms with Crippen molar-refractivity contribution in [1.82, 2.24) is 10.2 Å². The normalized spacial score (nSPS) is 24.2. The molecule has 36 heavy (non-hydrogen) atoms. The van der Waals surface area contributed by atoms with Gasteiger partial charge in [-0.05, 0) is 69.1 Å². The summed E-state index contributed by atoms with van der Waals surface area (Å²) in [5.41, 5.74) is -1.41. The van der Waals surface area contributed by atoms with Crippen molar-refractivity contribution in [3.63, 3.8) is 0 Å². The van der Waals surface area contributed by atoms with Gasteiger partial charge in [0.25, 0.3) is 0 Å². The summed E-state index contributed by atoms with van der Waals surface area (Å²) < 4.78 is 77.2.